The zero-order valence-electron chi connectivity index (χ0n) is 43.2. The Balaban J connectivity index is 0.658. The number of hydrogen-bond acceptors (Lipinski definition) is 15. The zero-order chi connectivity index (χ0) is 50.4. The molecule has 388 valence electrons. The molecule has 3 aliphatic heterocycles. The van der Waals surface area contributed by atoms with Crippen LogP contribution in [0.4, 0.5) is 23.0 Å². The van der Waals surface area contributed by atoms with Gasteiger partial charge in [-0.15, -0.1) is 0 Å². The number of anilines is 4. The average Bonchev–Trinajstić information content (AvgIpc) is 3.82. The number of carbonyl (C=O) groups is 1. The lowest BCUT2D eigenvalue weighted by molar-refractivity contribution is -0.164. The molecule has 17 nitrogen and oxygen atoms in total. The number of pyridine rings is 1. The summed E-state index contributed by atoms with van der Waals surface area (Å²) in [6.45, 7) is 21.3. The highest BCUT2D eigenvalue weighted by molar-refractivity contribution is 6.33. The Bertz CT molecular complexity index is 2560. The molecule has 1 atom stereocenters. The molecule has 4 aliphatic rings. The Morgan fingerprint density at radius 2 is 1.65 bits per heavy atom. The van der Waals surface area contributed by atoms with E-state index in [1.807, 2.05) is 48.2 Å². The van der Waals surface area contributed by atoms with Crippen LogP contribution in [0.5, 0.6) is 11.6 Å². The fourth-order valence-electron chi connectivity index (χ4n) is 12.0. The second-order valence-corrected chi connectivity index (χ2v) is 21.9. The third kappa shape index (κ3) is 11.5. The summed E-state index contributed by atoms with van der Waals surface area (Å²) in [5, 5.41) is 24.9. The highest BCUT2D eigenvalue weighted by Gasteiger charge is 2.64. The van der Waals surface area contributed by atoms with Crippen LogP contribution in [0.2, 0.25) is 5.02 Å². The number of benzene rings is 1. The molecule has 4 fully saturated rings. The molecule has 72 heavy (non-hydrogen) atoms. The predicted molar refractivity (Wildman–Crippen MR) is 285 cm³/mol. The lowest BCUT2D eigenvalue weighted by Gasteiger charge is -2.63. The molecule has 3 saturated heterocycles. The Kier molecular flexibility index (Phi) is 16.2. The number of carbonyl (C=O) groups excluding carboxylic acids is 1. The molecule has 4 N–H and O–H groups in total. The summed E-state index contributed by atoms with van der Waals surface area (Å²) in [4.78, 5) is 42.1. The number of halogens is 1. The lowest BCUT2D eigenvalue weighted by Crippen LogP contribution is -2.74. The second kappa shape index (κ2) is 22.7. The van der Waals surface area contributed by atoms with E-state index in [2.05, 4.69) is 102 Å². The van der Waals surface area contributed by atoms with Gasteiger partial charge >= 0.3 is 0 Å². The molecule has 0 radical (unpaired) electrons. The number of aliphatic hydroxyl groups is 1. The van der Waals surface area contributed by atoms with Gasteiger partial charge in [0, 0.05) is 132 Å². The molecule has 18 heteroatoms. The number of aromatic nitrogens is 6. The first-order chi connectivity index (χ1) is 34.8. The monoisotopic (exact) mass is 1010 g/mol. The van der Waals surface area contributed by atoms with Crippen molar-refractivity contribution < 1.29 is 19.4 Å². The third-order valence-electron chi connectivity index (χ3n) is 15.8. The number of hydrogen-bond donors (Lipinski definition) is 4. The number of nitrogens with zero attached hydrogens (tertiary/aromatic N) is 10. The number of ether oxygens (including phenoxy) is 2. The Morgan fingerprint density at radius 1 is 0.889 bits per heavy atom. The maximum absolute atomic E-state index is 13.5. The van der Waals surface area contributed by atoms with Crippen molar-refractivity contribution in [1.82, 2.24) is 44.7 Å². The molecular weight excluding hydrogens is 930 g/mol. The van der Waals surface area contributed by atoms with Crippen LogP contribution in [0.25, 0.3) is 5.65 Å². The summed E-state index contributed by atoms with van der Waals surface area (Å²) in [6, 6.07) is 11.9. The molecule has 1 amide bonds. The van der Waals surface area contributed by atoms with Crippen molar-refractivity contribution in [3.63, 3.8) is 0 Å². The maximum atomic E-state index is 13.5. The van der Waals surface area contributed by atoms with Gasteiger partial charge in [0.2, 0.25) is 11.7 Å². The van der Waals surface area contributed by atoms with Crippen LogP contribution in [0.3, 0.4) is 0 Å². The number of piperazine rings is 1. The van der Waals surface area contributed by atoms with E-state index in [1.54, 1.807) is 12.4 Å². The standard InChI is InChI=1S/C54H76ClN13O4/c1-7-39-33-61-68-45(30-46(62-49(39)68)67-20-9-8-11-40(67)18-27-69)57-31-38-12-15-47(58-32-38)71-28-10-19-64-23-25-65(26-24-64)36-37-16-21-66(22-17-37)41-34-59-48(60-35-41)50(70)63-51-53(2,3)52(54(51,4)5)72-42-13-14-44(56-6)43(55)29-42/h12-15,29-30,32-35,37,40,51-52,56-57,69H,7-11,16-28,31,36H2,1-6H3,(H,63,70)/t40?,51-,52-. The van der Waals surface area contributed by atoms with E-state index >= 15 is 0 Å². The summed E-state index contributed by atoms with van der Waals surface area (Å²) < 4.78 is 14.5. The molecule has 1 unspecified atom stereocenters. The fraction of sp³-hybridized carbons (Fsp3) is 0.593. The van der Waals surface area contributed by atoms with E-state index in [4.69, 9.17) is 26.1 Å². The van der Waals surface area contributed by atoms with Crippen LogP contribution in [-0.4, -0.2) is 148 Å². The molecule has 1 saturated carbocycles. The molecule has 1 aromatic carbocycles. The smallest absolute Gasteiger partial charge is 0.289 e. The van der Waals surface area contributed by atoms with Crippen molar-refractivity contribution in [3.05, 3.63) is 83.2 Å². The molecule has 1 aliphatic carbocycles. The summed E-state index contributed by atoms with van der Waals surface area (Å²) in [7, 11) is 1.84. The molecule has 0 bridgehead atoms. The summed E-state index contributed by atoms with van der Waals surface area (Å²) in [5.41, 5.74) is 4.19. The van der Waals surface area contributed by atoms with Crippen LogP contribution in [0.15, 0.2) is 61.2 Å². The Hall–Kier alpha value is -5.49. The van der Waals surface area contributed by atoms with E-state index in [1.165, 1.54) is 6.42 Å². The minimum atomic E-state index is -0.335. The quantitative estimate of drug-likeness (QED) is 0.0567. The van der Waals surface area contributed by atoms with Gasteiger partial charge in [-0.1, -0.05) is 52.3 Å². The highest BCUT2D eigenvalue weighted by Crippen LogP contribution is 2.55. The van der Waals surface area contributed by atoms with E-state index < -0.39 is 0 Å². The minimum absolute atomic E-state index is 0.137. The van der Waals surface area contributed by atoms with Gasteiger partial charge in [-0.2, -0.15) is 9.61 Å². The van der Waals surface area contributed by atoms with E-state index in [-0.39, 0.29) is 41.3 Å². The summed E-state index contributed by atoms with van der Waals surface area (Å²) in [5.74, 6) is 3.75. The first kappa shape index (κ1) is 51.4. The van der Waals surface area contributed by atoms with Gasteiger partial charge in [-0.05, 0) is 75.0 Å². The summed E-state index contributed by atoms with van der Waals surface area (Å²) in [6.07, 6.45) is 15.4. The molecule has 0 spiro atoms. The van der Waals surface area contributed by atoms with Crippen molar-refractivity contribution in [2.75, 3.05) is 99.6 Å². The topological polar surface area (TPSA) is 174 Å². The minimum Gasteiger partial charge on any atom is -0.489 e. The van der Waals surface area contributed by atoms with Crippen molar-refractivity contribution >= 4 is 46.2 Å². The second-order valence-electron chi connectivity index (χ2n) is 21.5. The van der Waals surface area contributed by atoms with E-state index in [0.717, 1.165) is 144 Å². The van der Waals surface area contributed by atoms with Gasteiger partial charge < -0.3 is 50.1 Å². The zero-order valence-corrected chi connectivity index (χ0v) is 44.0. The van der Waals surface area contributed by atoms with Crippen molar-refractivity contribution in [2.24, 2.45) is 16.7 Å². The van der Waals surface area contributed by atoms with Gasteiger partial charge in [0.25, 0.3) is 5.91 Å². The average molecular weight is 1010 g/mol. The molecule has 4 aromatic heterocycles. The van der Waals surface area contributed by atoms with Gasteiger partial charge in [0.15, 0.2) is 5.65 Å². The SMILES string of the molecule is CCc1cnn2c(NCc3ccc(OCCCN4CCN(CC5CCN(c6cnc(C(=O)N[C@H]7C(C)(C)[C@H](Oc8ccc(NC)c(Cl)c8)C7(C)C)nc6)CC5)CC4)nc3)cc(N3CCCCC3CCO)nc12. The maximum Gasteiger partial charge on any atom is 0.289 e. The lowest BCUT2D eigenvalue weighted by atomic mass is 9.49. The number of piperidine rings is 2. The van der Waals surface area contributed by atoms with Crippen LogP contribution in [-0.2, 0) is 13.0 Å². The normalized spacial score (nSPS) is 21.6. The predicted octanol–water partition coefficient (Wildman–Crippen LogP) is 7.44. The van der Waals surface area contributed by atoms with Crippen molar-refractivity contribution in [2.45, 2.75) is 111 Å². The molecule has 7 heterocycles. The van der Waals surface area contributed by atoms with Crippen molar-refractivity contribution in [1.29, 1.82) is 0 Å². The number of rotatable bonds is 20. The number of aliphatic hydroxyl groups excluding tert-OH is 1. The largest absolute Gasteiger partial charge is 0.489 e. The van der Waals surface area contributed by atoms with Crippen LogP contribution >= 0.6 is 11.6 Å². The number of nitrogens with one attached hydrogen (secondary N) is 3. The number of amides is 1. The Labute approximate surface area is 430 Å². The van der Waals surface area contributed by atoms with Gasteiger partial charge in [-0.3, -0.25) is 4.79 Å². The van der Waals surface area contributed by atoms with Crippen LogP contribution in [0, 0.1) is 16.7 Å². The van der Waals surface area contributed by atoms with Gasteiger partial charge in [0.05, 0.1) is 41.6 Å². The summed E-state index contributed by atoms with van der Waals surface area (Å²) >= 11 is 6.43. The molecule has 9 rings (SSSR count). The van der Waals surface area contributed by atoms with E-state index in [0.29, 0.717) is 41.8 Å². The Morgan fingerprint density at radius 3 is 2.35 bits per heavy atom. The number of fused-ring (bicyclic) bond motifs is 1. The fourth-order valence-corrected chi connectivity index (χ4v) is 12.2. The molecular formula is C54H76ClN13O4. The van der Waals surface area contributed by atoms with Crippen LogP contribution in [0.1, 0.15) is 101 Å². The van der Waals surface area contributed by atoms with E-state index in [9.17, 15) is 9.90 Å². The molecule has 5 aromatic rings. The first-order valence-electron chi connectivity index (χ1n) is 26.4. The van der Waals surface area contributed by atoms with Crippen LogP contribution < -0.4 is 35.2 Å². The third-order valence-corrected chi connectivity index (χ3v) is 16.1. The van der Waals surface area contributed by atoms with Crippen molar-refractivity contribution in [3.8, 4) is 11.6 Å². The van der Waals surface area contributed by atoms with Gasteiger partial charge in [0.1, 0.15) is 23.5 Å². The van der Waals surface area contributed by atoms with Gasteiger partial charge in [-0.25, -0.2) is 19.9 Å². The first-order valence-corrected chi connectivity index (χ1v) is 26.8. The highest BCUT2D eigenvalue weighted by atomic mass is 35.5. The number of aryl methyl sites for hydroxylation is 1.